The van der Waals surface area contributed by atoms with Crippen molar-refractivity contribution in [3.63, 3.8) is 0 Å². The van der Waals surface area contributed by atoms with Crippen LogP contribution in [-0.4, -0.2) is 42.8 Å². The zero-order valence-corrected chi connectivity index (χ0v) is 9.52. The van der Waals surface area contributed by atoms with Gasteiger partial charge in [-0.3, -0.25) is 4.68 Å². The summed E-state index contributed by atoms with van der Waals surface area (Å²) in [7, 11) is 0. The number of aryl methyl sites for hydroxylation is 1. The molecule has 0 aliphatic rings. The summed E-state index contributed by atoms with van der Waals surface area (Å²) >= 11 is 0. The minimum atomic E-state index is -1.08. The number of carbonyl (C=O) groups is 1. The van der Waals surface area contributed by atoms with Crippen molar-refractivity contribution >= 4 is 11.8 Å². The Morgan fingerprint density at radius 2 is 2.28 bits per heavy atom. The fourth-order valence-corrected chi connectivity index (χ4v) is 1.35. The Labute approximate surface area is 103 Å². The molecule has 0 aliphatic carbocycles. The summed E-state index contributed by atoms with van der Waals surface area (Å²) < 4.78 is 1.74. The van der Waals surface area contributed by atoms with Gasteiger partial charge >= 0.3 is 5.97 Å². The molecule has 18 heavy (non-hydrogen) atoms. The first kappa shape index (κ1) is 12.0. The number of anilines is 1. The van der Waals surface area contributed by atoms with Gasteiger partial charge in [0.05, 0.1) is 6.20 Å². The first-order chi connectivity index (χ1) is 8.75. The summed E-state index contributed by atoms with van der Waals surface area (Å²) in [5.41, 5.74) is -0.0665. The molecule has 2 heterocycles. The Morgan fingerprint density at radius 1 is 1.39 bits per heavy atom. The molecule has 0 amide bonds. The summed E-state index contributed by atoms with van der Waals surface area (Å²) in [6.07, 6.45) is 4.27. The van der Waals surface area contributed by atoms with Crippen LogP contribution >= 0.6 is 0 Å². The lowest BCUT2D eigenvalue weighted by Gasteiger charge is -2.04. The molecule has 94 valence electrons. The minimum absolute atomic E-state index is 0.0665. The van der Waals surface area contributed by atoms with E-state index in [1.54, 1.807) is 23.1 Å². The van der Waals surface area contributed by atoms with Crippen molar-refractivity contribution in [2.45, 2.75) is 13.0 Å². The molecule has 8 heteroatoms. The number of hydrogen-bond donors (Lipinski definition) is 2. The number of nitrogens with zero attached hydrogens (tertiary/aromatic N) is 5. The van der Waals surface area contributed by atoms with E-state index < -0.39 is 5.97 Å². The molecule has 0 unspecified atom stereocenters. The lowest BCUT2D eigenvalue weighted by molar-refractivity contribution is 0.0689. The summed E-state index contributed by atoms with van der Waals surface area (Å²) in [6, 6.07) is 3.00. The maximum atomic E-state index is 10.6. The Bertz CT molecular complexity index is 496. The fraction of sp³-hybridized carbons (Fsp3) is 0.300. The second-order valence-electron chi connectivity index (χ2n) is 3.56. The molecule has 0 fully saturated rings. The average Bonchev–Trinajstić information content (AvgIpc) is 2.88. The molecule has 0 atom stereocenters. The average molecular weight is 248 g/mol. The van der Waals surface area contributed by atoms with Crippen molar-refractivity contribution in [2.75, 3.05) is 11.9 Å². The van der Waals surface area contributed by atoms with Gasteiger partial charge < -0.3 is 10.4 Å². The van der Waals surface area contributed by atoms with Crippen molar-refractivity contribution in [2.24, 2.45) is 0 Å². The van der Waals surface area contributed by atoms with Gasteiger partial charge in [0.1, 0.15) is 5.82 Å². The second-order valence-corrected chi connectivity index (χ2v) is 3.56. The third kappa shape index (κ3) is 3.24. The van der Waals surface area contributed by atoms with E-state index in [0.29, 0.717) is 12.4 Å². The molecule has 2 N–H and O–H groups in total. The molecule has 0 spiro atoms. The highest BCUT2D eigenvalue weighted by Gasteiger charge is 2.04. The zero-order chi connectivity index (χ0) is 12.8. The van der Waals surface area contributed by atoms with Gasteiger partial charge in [-0.05, 0) is 18.6 Å². The third-order valence-corrected chi connectivity index (χ3v) is 2.23. The molecule has 0 saturated heterocycles. The lowest BCUT2D eigenvalue weighted by atomic mass is 10.3. The van der Waals surface area contributed by atoms with E-state index in [1.165, 1.54) is 6.07 Å². The quantitative estimate of drug-likeness (QED) is 0.706. The highest BCUT2D eigenvalue weighted by atomic mass is 16.4. The fourth-order valence-electron chi connectivity index (χ4n) is 1.35. The number of aromatic carboxylic acids is 1. The highest BCUT2D eigenvalue weighted by molar-refractivity contribution is 5.85. The van der Waals surface area contributed by atoms with E-state index in [2.05, 4.69) is 25.8 Å². The molecule has 0 aliphatic heterocycles. The molecule has 0 saturated carbocycles. The Kier molecular flexibility index (Phi) is 3.79. The van der Waals surface area contributed by atoms with Gasteiger partial charge in [-0.15, -0.1) is 15.3 Å². The monoisotopic (exact) mass is 248 g/mol. The Hall–Kier alpha value is -2.51. The molecular formula is C10H12N6O2. The van der Waals surface area contributed by atoms with Crippen LogP contribution in [0, 0.1) is 0 Å². The molecule has 2 rings (SSSR count). The second kappa shape index (κ2) is 5.71. The SMILES string of the molecule is O=C(O)c1ccc(NCCCn2ccnn2)nn1. The molecule has 0 bridgehead atoms. The Balaban J connectivity index is 1.75. The van der Waals surface area contributed by atoms with Crippen LogP contribution in [0.4, 0.5) is 5.82 Å². The van der Waals surface area contributed by atoms with Crippen LogP contribution in [-0.2, 0) is 6.54 Å². The first-order valence-corrected chi connectivity index (χ1v) is 5.41. The smallest absolute Gasteiger partial charge is 0.356 e. The van der Waals surface area contributed by atoms with E-state index in [9.17, 15) is 4.79 Å². The van der Waals surface area contributed by atoms with Gasteiger partial charge in [-0.25, -0.2) is 4.79 Å². The van der Waals surface area contributed by atoms with Crippen LogP contribution < -0.4 is 5.32 Å². The molecule has 2 aromatic heterocycles. The summed E-state index contributed by atoms with van der Waals surface area (Å²) in [5.74, 6) is -0.529. The zero-order valence-electron chi connectivity index (χ0n) is 9.52. The van der Waals surface area contributed by atoms with Gasteiger partial charge in [-0.2, -0.15) is 0 Å². The first-order valence-electron chi connectivity index (χ1n) is 5.41. The standard InChI is InChI=1S/C10H12N6O2/c17-10(18)8-2-3-9(14-13-8)11-4-1-6-16-7-5-12-15-16/h2-3,5,7H,1,4,6H2,(H,11,14)(H,17,18). The Morgan fingerprint density at radius 3 is 2.89 bits per heavy atom. The van der Waals surface area contributed by atoms with E-state index in [0.717, 1.165) is 13.0 Å². The maximum Gasteiger partial charge on any atom is 0.356 e. The van der Waals surface area contributed by atoms with Crippen LogP contribution in [0.25, 0.3) is 0 Å². The number of nitrogens with one attached hydrogen (secondary N) is 1. The van der Waals surface area contributed by atoms with Crippen molar-refractivity contribution in [1.82, 2.24) is 25.2 Å². The van der Waals surface area contributed by atoms with Crippen LogP contribution in [0.3, 0.4) is 0 Å². The number of aromatic nitrogens is 5. The number of carboxylic acid groups (broad SMARTS) is 1. The third-order valence-electron chi connectivity index (χ3n) is 2.23. The summed E-state index contributed by atoms with van der Waals surface area (Å²) in [4.78, 5) is 10.6. The normalized spacial score (nSPS) is 10.2. The van der Waals surface area contributed by atoms with Gasteiger partial charge in [0, 0.05) is 19.3 Å². The van der Waals surface area contributed by atoms with Gasteiger partial charge in [-0.1, -0.05) is 5.21 Å². The van der Waals surface area contributed by atoms with Crippen molar-refractivity contribution < 1.29 is 9.90 Å². The number of hydrogen-bond acceptors (Lipinski definition) is 6. The molecule has 0 radical (unpaired) electrons. The van der Waals surface area contributed by atoms with E-state index in [4.69, 9.17) is 5.11 Å². The molecule has 2 aromatic rings. The summed E-state index contributed by atoms with van der Waals surface area (Å²) in [6.45, 7) is 1.45. The van der Waals surface area contributed by atoms with Crippen molar-refractivity contribution in [3.05, 3.63) is 30.2 Å². The van der Waals surface area contributed by atoms with Crippen LogP contribution in [0.1, 0.15) is 16.9 Å². The minimum Gasteiger partial charge on any atom is -0.476 e. The lowest BCUT2D eigenvalue weighted by Crippen LogP contribution is -2.09. The molecule has 0 aromatic carbocycles. The predicted molar refractivity (Wildman–Crippen MR) is 62.1 cm³/mol. The number of rotatable bonds is 6. The van der Waals surface area contributed by atoms with Crippen molar-refractivity contribution in [1.29, 1.82) is 0 Å². The topological polar surface area (TPSA) is 106 Å². The van der Waals surface area contributed by atoms with Gasteiger partial charge in [0.15, 0.2) is 5.69 Å². The van der Waals surface area contributed by atoms with E-state index in [1.807, 2.05) is 0 Å². The van der Waals surface area contributed by atoms with Crippen LogP contribution in [0.5, 0.6) is 0 Å². The van der Waals surface area contributed by atoms with Crippen molar-refractivity contribution in [3.8, 4) is 0 Å². The summed E-state index contributed by atoms with van der Waals surface area (Å²) in [5, 5.41) is 26.6. The number of carboxylic acids is 1. The van der Waals surface area contributed by atoms with E-state index >= 15 is 0 Å². The highest BCUT2D eigenvalue weighted by Crippen LogP contribution is 2.02. The van der Waals surface area contributed by atoms with Crippen LogP contribution in [0.2, 0.25) is 0 Å². The van der Waals surface area contributed by atoms with E-state index in [-0.39, 0.29) is 5.69 Å². The van der Waals surface area contributed by atoms with Gasteiger partial charge in [0.25, 0.3) is 0 Å². The van der Waals surface area contributed by atoms with Gasteiger partial charge in [0.2, 0.25) is 0 Å². The largest absolute Gasteiger partial charge is 0.476 e. The predicted octanol–water partition coefficient (Wildman–Crippen LogP) is 0.268. The molecular weight excluding hydrogens is 236 g/mol. The van der Waals surface area contributed by atoms with Crippen LogP contribution in [0.15, 0.2) is 24.5 Å². The maximum absolute atomic E-state index is 10.6. The molecule has 8 nitrogen and oxygen atoms in total.